The SMILES string of the molecule is NC1CCC(C(=O)NCC2CCOC2)C1. The highest BCUT2D eigenvalue weighted by Gasteiger charge is 2.28. The Hall–Kier alpha value is -0.610. The number of amides is 1. The quantitative estimate of drug-likeness (QED) is 0.705. The summed E-state index contributed by atoms with van der Waals surface area (Å²) in [4.78, 5) is 11.7. The minimum atomic E-state index is 0.155. The summed E-state index contributed by atoms with van der Waals surface area (Å²) < 4.78 is 5.26. The fraction of sp³-hybridized carbons (Fsp3) is 0.909. The van der Waals surface area contributed by atoms with Gasteiger partial charge < -0.3 is 15.8 Å². The van der Waals surface area contributed by atoms with Gasteiger partial charge in [0, 0.05) is 31.0 Å². The second-order valence-electron chi connectivity index (χ2n) is 4.74. The summed E-state index contributed by atoms with van der Waals surface area (Å²) in [6, 6.07) is 0.232. The third-order valence-electron chi connectivity index (χ3n) is 3.43. The zero-order valence-electron chi connectivity index (χ0n) is 9.08. The van der Waals surface area contributed by atoms with Crippen molar-refractivity contribution in [2.75, 3.05) is 19.8 Å². The first-order valence-electron chi connectivity index (χ1n) is 5.86. The molecule has 3 unspecified atom stereocenters. The van der Waals surface area contributed by atoms with Crippen molar-refractivity contribution < 1.29 is 9.53 Å². The second kappa shape index (κ2) is 4.94. The molecule has 1 saturated heterocycles. The van der Waals surface area contributed by atoms with E-state index in [-0.39, 0.29) is 17.9 Å². The van der Waals surface area contributed by atoms with Crippen LogP contribution in [0.1, 0.15) is 25.7 Å². The first kappa shape index (κ1) is 10.9. The lowest BCUT2D eigenvalue weighted by molar-refractivity contribution is -0.125. The molecule has 0 aromatic carbocycles. The number of carbonyl (C=O) groups excluding carboxylic acids is 1. The molecular weight excluding hydrogens is 192 g/mol. The second-order valence-corrected chi connectivity index (χ2v) is 4.74. The van der Waals surface area contributed by atoms with Gasteiger partial charge in [0.05, 0.1) is 6.61 Å². The molecule has 0 aromatic rings. The van der Waals surface area contributed by atoms with Gasteiger partial charge in [-0.15, -0.1) is 0 Å². The molecule has 4 heteroatoms. The van der Waals surface area contributed by atoms with Crippen LogP contribution >= 0.6 is 0 Å². The first-order chi connectivity index (χ1) is 7.25. The number of carbonyl (C=O) groups is 1. The maximum Gasteiger partial charge on any atom is 0.223 e. The Morgan fingerprint density at radius 3 is 2.87 bits per heavy atom. The number of hydrogen-bond donors (Lipinski definition) is 2. The molecule has 1 saturated carbocycles. The molecule has 3 atom stereocenters. The predicted molar refractivity (Wildman–Crippen MR) is 57.3 cm³/mol. The van der Waals surface area contributed by atoms with Gasteiger partial charge in [0.25, 0.3) is 0 Å². The van der Waals surface area contributed by atoms with Gasteiger partial charge in [-0.25, -0.2) is 0 Å². The topological polar surface area (TPSA) is 64.4 Å². The number of hydrogen-bond acceptors (Lipinski definition) is 3. The number of ether oxygens (including phenoxy) is 1. The van der Waals surface area contributed by atoms with E-state index in [0.717, 1.165) is 45.4 Å². The summed E-state index contributed by atoms with van der Waals surface area (Å²) in [5.41, 5.74) is 5.78. The summed E-state index contributed by atoms with van der Waals surface area (Å²) >= 11 is 0. The van der Waals surface area contributed by atoms with Crippen molar-refractivity contribution in [1.82, 2.24) is 5.32 Å². The van der Waals surface area contributed by atoms with Crippen molar-refractivity contribution in [3.05, 3.63) is 0 Å². The summed E-state index contributed by atoms with van der Waals surface area (Å²) in [5.74, 6) is 0.862. The average Bonchev–Trinajstić information content (AvgIpc) is 2.84. The normalized spacial score (nSPS) is 35.7. The maximum atomic E-state index is 11.7. The fourth-order valence-electron chi connectivity index (χ4n) is 2.39. The molecule has 1 aliphatic heterocycles. The number of rotatable bonds is 3. The molecule has 4 nitrogen and oxygen atoms in total. The monoisotopic (exact) mass is 212 g/mol. The highest BCUT2D eigenvalue weighted by Crippen LogP contribution is 2.24. The molecule has 0 radical (unpaired) electrons. The molecule has 0 aromatic heterocycles. The van der Waals surface area contributed by atoms with Gasteiger partial charge in [0.1, 0.15) is 0 Å². The van der Waals surface area contributed by atoms with E-state index in [1.807, 2.05) is 0 Å². The number of nitrogens with one attached hydrogen (secondary N) is 1. The predicted octanol–water partition coefficient (Wildman–Crippen LogP) is 0.266. The van der Waals surface area contributed by atoms with Gasteiger partial charge in [-0.3, -0.25) is 4.79 Å². The standard InChI is InChI=1S/C11H20N2O2/c12-10-2-1-9(5-10)11(14)13-6-8-3-4-15-7-8/h8-10H,1-7,12H2,(H,13,14). The van der Waals surface area contributed by atoms with Crippen molar-refractivity contribution in [1.29, 1.82) is 0 Å². The Labute approximate surface area is 90.5 Å². The zero-order valence-corrected chi connectivity index (χ0v) is 9.08. The maximum absolute atomic E-state index is 11.7. The summed E-state index contributed by atoms with van der Waals surface area (Å²) in [6.45, 7) is 2.41. The lowest BCUT2D eigenvalue weighted by Gasteiger charge is -2.13. The van der Waals surface area contributed by atoms with Gasteiger partial charge >= 0.3 is 0 Å². The third-order valence-corrected chi connectivity index (χ3v) is 3.43. The summed E-state index contributed by atoms with van der Waals surface area (Å²) in [6.07, 6.45) is 3.87. The molecule has 1 aliphatic carbocycles. The summed E-state index contributed by atoms with van der Waals surface area (Å²) in [7, 11) is 0. The van der Waals surface area contributed by atoms with E-state index >= 15 is 0 Å². The van der Waals surface area contributed by atoms with Crippen LogP contribution in [0.4, 0.5) is 0 Å². The van der Waals surface area contributed by atoms with Crippen LogP contribution in [-0.2, 0) is 9.53 Å². The number of nitrogens with two attached hydrogens (primary N) is 1. The van der Waals surface area contributed by atoms with Gasteiger partial charge in [-0.05, 0) is 25.7 Å². The Bertz CT molecular complexity index is 227. The van der Waals surface area contributed by atoms with Crippen LogP contribution in [0.5, 0.6) is 0 Å². The van der Waals surface area contributed by atoms with E-state index < -0.39 is 0 Å². The van der Waals surface area contributed by atoms with E-state index in [4.69, 9.17) is 10.5 Å². The fourth-order valence-corrected chi connectivity index (χ4v) is 2.39. The molecule has 15 heavy (non-hydrogen) atoms. The average molecular weight is 212 g/mol. The smallest absolute Gasteiger partial charge is 0.223 e. The van der Waals surface area contributed by atoms with Crippen molar-refractivity contribution >= 4 is 5.91 Å². The molecule has 3 N–H and O–H groups in total. The van der Waals surface area contributed by atoms with Crippen LogP contribution in [0.25, 0.3) is 0 Å². The largest absolute Gasteiger partial charge is 0.381 e. The third kappa shape index (κ3) is 2.92. The van der Waals surface area contributed by atoms with Gasteiger partial charge in [0.15, 0.2) is 0 Å². The van der Waals surface area contributed by atoms with Crippen molar-refractivity contribution in [3.63, 3.8) is 0 Å². The Morgan fingerprint density at radius 2 is 2.27 bits per heavy atom. The highest BCUT2D eigenvalue weighted by molar-refractivity contribution is 5.78. The molecule has 86 valence electrons. The lowest BCUT2D eigenvalue weighted by atomic mass is 10.1. The van der Waals surface area contributed by atoms with Crippen LogP contribution in [-0.4, -0.2) is 31.7 Å². The zero-order chi connectivity index (χ0) is 10.7. The first-order valence-corrected chi connectivity index (χ1v) is 5.86. The minimum Gasteiger partial charge on any atom is -0.381 e. The van der Waals surface area contributed by atoms with E-state index in [2.05, 4.69) is 5.32 Å². The Kier molecular flexibility index (Phi) is 3.59. The lowest BCUT2D eigenvalue weighted by Crippen LogP contribution is -2.34. The van der Waals surface area contributed by atoms with Crippen LogP contribution in [0, 0.1) is 11.8 Å². The van der Waals surface area contributed by atoms with Crippen molar-refractivity contribution in [2.45, 2.75) is 31.7 Å². The van der Waals surface area contributed by atoms with E-state index in [1.165, 1.54) is 0 Å². The molecule has 1 heterocycles. The molecule has 0 bridgehead atoms. The molecular formula is C11H20N2O2. The van der Waals surface area contributed by atoms with Crippen LogP contribution in [0.15, 0.2) is 0 Å². The van der Waals surface area contributed by atoms with Crippen molar-refractivity contribution in [3.8, 4) is 0 Å². The minimum absolute atomic E-state index is 0.155. The van der Waals surface area contributed by atoms with Crippen LogP contribution in [0.2, 0.25) is 0 Å². The van der Waals surface area contributed by atoms with Gasteiger partial charge in [0.2, 0.25) is 5.91 Å². The molecule has 2 rings (SSSR count). The van der Waals surface area contributed by atoms with Gasteiger partial charge in [-0.1, -0.05) is 0 Å². The molecule has 0 spiro atoms. The molecule has 2 fully saturated rings. The van der Waals surface area contributed by atoms with Crippen LogP contribution in [0.3, 0.4) is 0 Å². The van der Waals surface area contributed by atoms with Crippen LogP contribution < -0.4 is 11.1 Å². The Morgan fingerprint density at radius 1 is 1.40 bits per heavy atom. The highest BCUT2D eigenvalue weighted by atomic mass is 16.5. The van der Waals surface area contributed by atoms with E-state index in [0.29, 0.717) is 5.92 Å². The summed E-state index contributed by atoms with van der Waals surface area (Å²) in [5, 5.41) is 3.01. The van der Waals surface area contributed by atoms with Gasteiger partial charge in [-0.2, -0.15) is 0 Å². The molecule has 2 aliphatic rings. The van der Waals surface area contributed by atoms with E-state index in [1.54, 1.807) is 0 Å². The molecule has 1 amide bonds. The van der Waals surface area contributed by atoms with Crippen molar-refractivity contribution in [2.24, 2.45) is 17.6 Å². The Balaban J connectivity index is 1.67. The van der Waals surface area contributed by atoms with E-state index in [9.17, 15) is 4.79 Å².